The van der Waals surface area contributed by atoms with Crippen molar-refractivity contribution in [2.75, 3.05) is 38.7 Å². The highest BCUT2D eigenvalue weighted by Crippen LogP contribution is 2.37. The van der Waals surface area contributed by atoms with Gasteiger partial charge in [0.15, 0.2) is 0 Å². The number of benzene rings is 1. The van der Waals surface area contributed by atoms with Crippen molar-refractivity contribution < 1.29 is 28.6 Å². The summed E-state index contributed by atoms with van der Waals surface area (Å²) in [7, 11) is 1.00. The first-order valence-corrected chi connectivity index (χ1v) is 14.6. The van der Waals surface area contributed by atoms with E-state index in [0.29, 0.717) is 55.5 Å². The van der Waals surface area contributed by atoms with Crippen LogP contribution in [0.2, 0.25) is 5.02 Å². The number of aliphatic hydroxyl groups is 2. The van der Waals surface area contributed by atoms with Crippen LogP contribution >= 0.6 is 23.2 Å². The average Bonchev–Trinajstić information content (AvgIpc) is 3.42. The van der Waals surface area contributed by atoms with Gasteiger partial charge in [0.1, 0.15) is 11.6 Å². The summed E-state index contributed by atoms with van der Waals surface area (Å²) < 4.78 is 27.5. The fourth-order valence-electron chi connectivity index (χ4n) is 3.32. The van der Waals surface area contributed by atoms with E-state index in [1.54, 1.807) is 6.08 Å². The number of halogens is 4. The lowest BCUT2D eigenvalue weighted by atomic mass is 9.85. The minimum Gasteiger partial charge on any atom is -0.400 e. The summed E-state index contributed by atoms with van der Waals surface area (Å²) in [5.41, 5.74) is 1.64. The lowest BCUT2D eigenvalue weighted by molar-refractivity contribution is -0.109. The van der Waals surface area contributed by atoms with Gasteiger partial charge < -0.3 is 26.2 Å². The number of aliphatic hydroxyl groups excluding tert-OH is 2. The van der Waals surface area contributed by atoms with Crippen molar-refractivity contribution >= 4 is 41.7 Å². The Labute approximate surface area is 261 Å². The number of unbranched alkanes of at least 4 members (excludes halogenated alkanes) is 1. The van der Waals surface area contributed by atoms with Gasteiger partial charge in [-0.1, -0.05) is 77.4 Å². The summed E-state index contributed by atoms with van der Waals surface area (Å²) in [6.07, 6.45) is 7.60. The molecule has 7 nitrogen and oxygen atoms in total. The van der Waals surface area contributed by atoms with Gasteiger partial charge in [0.25, 0.3) is 0 Å². The van der Waals surface area contributed by atoms with E-state index in [2.05, 4.69) is 50.2 Å². The lowest BCUT2D eigenvalue weighted by Gasteiger charge is -2.21. The standard InChI is InChI=1S/C18H18Cl2F2N2O.C5H11NO2.C5H12.C2H6.CH4O/c1-2-14(19)16(21)5-3-4-11-8-23-9-13(11)12-6-17(22)15(20)7-18(12)24-10-25;7-4-2-1-3-6-5-8;1-5(2,3)4;2*1-2/h2-3,5-7,10-11,13,23H,1,4,8-9H2,(H,24,25);5,7H,1-4H2,(H,6,8);1-4H3;1-2H3;2H,1H3/b5-3-,16-14-;;;;/t11-,13+;;;;/m0..../s1. The molecule has 0 radical (unpaired) electrons. The number of amides is 2. The van der Waals surface area contributed by atoms with Crippen LogP contribution in [-0.4, -0.2) is 56.4 Å². The first kappa shape index (κ1) is 44.1. The van der Waals surface area contributed by atoms with Crippen LogP contribution in [0, 0.1) is 17.2 Å². The van der Waals surface area contributed by atoms with Crippen LogP contribution in [-0.2, 0) is 9.59 Å². The predicted molar refractivity (Wildman–Crippen MR) is 173 cm³/mol. The Hall–Kier alpha value is -2.30. The number of carbonyl (C=O) groups excluding carboxylic acids is 2. The van der Waals surface area contributed by atoms with Gasteiger partial charge in [-0.05, 0) is 67.0 Å². The summed E-state index contributed by atoms with van der Waals surface area (Å²) in [6, 6.07) is 2.75. The molecule has 2 atom stereocenters. The first-order valence-electron chi connectivity index (χ1n) is 13.9. The smallest absolute Gasteiger partial charge is 0.211 e. The average molecular weight is 639 g/mol. The molecule has 0 spiro atoms. The predicted octanol–water partition coefficient (Wildman–Crippen LogP) is 7.09. The third-order valence-corrected chi connectivity index (χ3v) is 5.59. The number of carbonyl (C=O) groups is 2. The van der Waals surface area contributed by atoms with E-state index in [1.165, 1.54) is 24.3 Å². The minimum absolute atomic E-state index is 0.0409. The topological polar surface area (TPSA) is 111 Å². The third kappa shape index (κ3) is 22.3. The number of anilines is 1. The van der Waals surface area contributed by atoms with Gasteiger partial charge in [0.05, 0.1) is 10.1 Å². The Morgan fingerprint density at radius 2 is 1.74 bits per heavy atom. The highest BCUT2D eigenvalue weighted by atomic mass is 35.5. The van der Waals surface area contributed by atoms with Crippen molar-refractivity contribution in [2.45, 2.75) is 66.7 Å². The Morgan fingerprint density at radius 1 is 1.14 bits per heavy atom. The fourth-order valence-corrected chi connectivity index (χ4v) is 3.55. The van der Waals surface area contributed by atoms with E-state index < -0.39 is 11.6 Å². The largest absolute Gasteiger partial charge is 0.400 e. The lowest BCUT2D eigenvalue weighted by Crippen LogP contribution is -2.13. The van der Waals surface area contributed by atoms with Gasteiger partial charge in [-0.3, -0.25) is 9.59 Å². The molecule has 1 fully saturated rings. The molecule has 42 heavy (non-hydrogen) atoms. The molecule has 1 aromatic rings. The van der Waals surface area contributed by atoms with E-state index in [1.807, 2.05) is 13.8 Å². The van der Waals surface area contributed by atoms with Crippen molar-refractivity contribution in [3.63, 3.8) is 0 Å². The van der Waals surface area contributed by atoms with Gasteiger partial charge in [0, 0.05) is 38.4 Å². The Bertz CT molecular complexity index is 933. The van der Waals surface area contributed by atoms with E-state index in [-0.39, 0.29) is 28.5 Å². The van der Waals surface area contributed by atoms with Gasteiger partial charge in [-0.2, -0.15) is 0 Å². The van der Waals surface area contributed by atoms with Crippen molar-refractivity contribution in [1.82, 2.24) is 10.6 Å². The van der Waals surface area contributed by atoms with Crippen molar-refractivity contribution in [3.8, 4) is 0 Å². The number of nitrogens with one attached hydrogen (secondary N) is 3. The molecule has 1 aliphatic heterocycles. The minimum atomic E-state index is -0.556. The molecule has 0 aromatic heterocycles. The summed E-state index contributed by atoms with van der Waals surface area (Å²) in [4.78, 5) is 20.4. The third-order valence-electron chi connectivity index (χ3n) is 4.97. The second kappa shape index (κ2) is 27.5. The SMILES string of the molecule is C=C/C(Cl)=C(F)\C=C/C[C@H]1CNC[C@H]1c1cc(F)c(Cl)cc1NC=O.CC.CC(C)(C)C.CO.O=CNCCCCO. The van der Waals surface area contributed by atoms with Crippen LogP contribution in [0.3, 0.4) is 0 Å². The molecule has 1 aliphatic rings. The van der Waals surface area contributed by atoms with Gasteiger partial charge in [-0.15, -0.1) is 0 Å². The van der Waals surface area contributed by atoms with Gasteiger partial charge in [0.2, 0.25) is 12.8 Å². The van der Waals surface area contributed by atoms with Crippen LogP contribution in [0.25, 0.3) is 0 Å². The van der Waals surface area contributed by atoms with Crippen LogP contribution in [0.15, 0.2) is 47.8 Å². The molecule has 1 aromatic carbocycles. The molecular formula is C31H51Cl2F2N3O4. The molecule has 1 saturated heterocycles. The monoisotopic (exact) mass is 637 g/mol. The second-order valence-corrected chi connectivity index (χ2v) is 11.0. The maximum atomic E-state index is 13.9. The molecule has 0 saturated carbocycles. The maximum absolute atomic E-state index is 13.9. The summed E-state index contributed by atoms with van der Waals surface area (Å²) in [5, 5.41) is 23.4. The second-order valence-electron chi connectivity index (χ2n) is 10.2. The Kier molecular flexibility index (Phi) is 28.9. The van der Waals surface area contributed by atoms with Gasteiger partial charge >= 0.3 is 0 Å². The van der Waals surface area contributed by atoms with E-state index in [9.17, 15) is 18.4 Å². The van der Waals surface area contributed by atoms with Crippen LogP contribution in [0.1, 0.15) is 72.3 Å². The zero-order chi connectivity index (χ0) is 33.1. The Morgan fingerprint density at radius 3 is 2.24 bits per heavy atom. The molecule has 0 aliphatic carbocycles. The molecule has 0 unspecified atom stereocenters. The number of hydrogen-bond donors (Lipinski definition) is 5. The van der Waals surface area contributed by atoms with Crippen molar-refractivity contribution in [3.05, 3.63) is 64.2 Å². The molecule has 5 N–H and O–H groups in total. The molecule has 11 heteroatoms. The quantitative estimate of drug-likeness (QED) is 0.0954. The van der Waals surface area contributed by atoms with Crippen LogP contribution in [0.4, 0.5) is 14.5 Å². The molecule has 0 bridgehead atoms. The zero-order valence-electron chi connectivity index (χ0n) is 26.1. The van der Waals surface area contributed by atoms with Crippen LogP contribution < -0.4 is 16.0 Å². The fraction of sp³-hybridized carbons (Fsp3) is 0.548. The highest BCUT2D eigenvalue weighted by molar-refractivity contribution is 6.31. The number of hydrogen-bond acceptors (Lipinski definition) is 5. The molecule has 2 rings (SSSR count). The summed E-state index contributed by atoms with van der Waals surface area (Å²) in [5.74, 6) is -1.03. The normalized spacial score (nSPS) is 16.0. The maximum Gasteiger partial charge on any atom is 0.211 e. The first-order chi connectivity index (χ1) is 19.9. The van der Waals surface area contributed by atoms with E-state index in [4.69, 9.17) is 33.4 Å². The molecule has 1 heterocycles. The molecular weight excluding hydrogens is 587 g/mol. The van der Waals surface area contributed by atoms with E-state index in [0.717, 1.165) is 20.0 Å². The highest BCUT2D eigenvalue weighted by Gasteiger charge is 2.30. The molecule has 2 amide bonds. The summed E-state index contributed by atoms with van der Waals surface area (Å²) >= 11 is 11.5. The molecule has 242 valence electrons. The van der Waals surface area contributed by atoms with Crippen LogP contribution in [0.5, 0.6) is 0 Å². The summed E-state index contributed by atoms with van der Waals surface area (Å²) in [6.45, 7) is 18.4. The Balaban J connectivity index is -0.000000738. The van der Waals surface area contributed by atoms with Crippen molar-refractivity contribution in [2.24, 2.45) is 11.3 Å². The number of rotatable bonds is 12. The van der Waals surface area contributed by atoms with Gasteiger partial charge in [-0.25, -0.2) is 8.78 Å². The number of allylic oxidation sites excluding steroid dienone is 5. The van der Waals surface area contributed by atoms with E-state index >= 15 is 0 Å². The zero-order valence-corrected chi connectivity index (χ0v) is 27.6. The van der Waals surface area contributed by atoms with Crippen molar-refractivity contribution in [1.29, 1.82) is 0 Å².